The molecule has 0 N–H and O–H groups in total. The summed E-state index contributed by atoms with van der Waals surface area (Å²) in [7, 11) is 1.67. The number of ether oxygens (including phenoxy) is 1. The molecule has 2 aromatic carbocycles. The monoisotopic (exact) mass is 411 g/mol. The normalized spacial score (nSPS) is 13.1. The van der Waals surface area contributed by atoms with E-state index >= 15 is 0 Å². The van der Waals surface area contributed by atoms with Crippen LogP contribution in [0.2, 0.25) is 0 Å². The molecule has 5 nitrogen and oxygen atoms in total. The van der Waals surface area contributed by atoms with E-state index in [0.29, 0.717) is 5.69 Å². The Morgan fingerprint density at radius 2 is 1.86 bits per heavy atom. The summed E-state index contributed by atoms with van der Waals surface area (Å²) in [6, 6.07) is 15.9. The Bertz CT molecular complexity index is 992. The molecule has 1 aliphatic heterocycles. The molecule has 0 saturated heterocycles. The van der Waals surface area contributed by atoms with Crippen LogP contribution >= 0.6 is 12.4 Å². The van der Waals surface area contributed by atoms with E-state index in [4.69, 9.17) is 4.74 Å². The summed E-state index contributed by atoms with van der Waals surface area (Å²) < 4.78 is 9.62. The van der Waals surface area contributed by atoms with Crippen molar-refractivity contribution in [2.45, 2.75) is 39.3 Å². The van der Waals surface area contributed by atoms with Crippen molar-refractivity contribution in [1.29, 1.82) is 0 Å². The van der Waals surface area contributed by atoms with E-state index in [2.05, 4.69) is 39.4 Å². The van der Waals surface area contributed by atoms with E-state index < -0.39 is 0 Å². The first-order valence-corrected chi connectivity index (χ1v) is 9.77. The summed E-state index contributed by atoms with van der Waals surface area (Å²) >= 11 is 0. The van der Waals surface area contributed by atoms with Gasteiger partial charge in [0, 0.05) is 11.5 Å². The van der Waals surface area contributed by atoms with Gasteiger partial charge in [-0.1, -0.05) is 19.1 Å². The van der Waals surface area contributed by atoms with Gasteiger partial charge >= 0.3 is 0 Å². The van der Waals surface area contributed by atoms with Crippen LogP contribution in [0.1, 0.15) is 24.7 Å². The summed E-state index contributed by atoms with van der Waals surface area (Å²) in [6.07, 6.45) is 5.14. The molecule has 0 spiro atoms. The van der Waals surface area contributed by atoms with Gasteiger partial charge in [0.1, 0.15) is 18.5 Å². The highest BCUT2D eigenvalue weighted by Crippen LogP contribution is 2.26. The standard InChI is InChI=1S/C23H25N3O2.ClH/c1-3-17-6-10-19(11-7-17)24-22(27)16-25-15-21(26-14-4-5-23(25)26)18-8-12-20(28-2)13-9-18;/h6-13,15H,3-5,14,16H2,1-2H3;1H. The molecule has 0 saturated carbocycles. The van der Waals surface area contributed by atoms with Crippen LogP contribution in [0.4, 0.5) is 5.69 Å². The maximum atomic E-state index is 12.6. The quantitative estimate of drug-likeness (QED) is 0.354. The number of aromatic nitrogens is 2. The first-order valence-electron chi connectivity index (χ1n) is 9.77. The number of methoxy groups -OCH3 is 1. The highest BCUT2D eigenvalue weighted by atomic mass is 35.5. The number of imidazole rings is 1. The second kappa shape index (κ2) is 9.14. The van der Waals surface area contributed by atoms with Crippen molar-refractivity contribution in [3.05, 3.63) is 66.1 Å². The molecule has 3 aromatic rings. The lowest BCUT2D eigenvalue weighted by molar-refractivity contribution is -0.693. The predicted octanol–water partition coefficient (Wildman–Crippen LogP) is 3.47. The summed E-state index contributed by atoms with van der Waals surface area (Å²) in [6.45, 7) is 3.36. The third-order valence-corrected chi connectivity index (χ3v) is 5.28. The molecular formula is C23H26ClN3O2. The summed E-state index contributed by atoms with van der Waals surface area (Å²) in [5.74, 6) is 1.90. The molecule has 0 bridgehead atoms. The average molecular weight is 412 g/mol. The number of aryl methyl sites for hydroxylation is 1. The zero-order valence-corrected chi connectivity index (χ0v) is 17.6. The van der Waals surface area contributed by atoms with Crippen molar-refractivity contribution in [1.82, 2.24) is 4.57 Å². The highest BCUT2D eigenvalue weighted by molar-refractivity contribution is 5.85. The molecule has 4 rings (SSSR count). The summed E-state index contributed by atoms with van der Waals surface area (Å²) in [5.41, 5.74) is 4.22. The van der Waals surface area contributed by atoms with Crippen molar-refractivity contribution in [3.63, 3.8) is 0 Å². The Labute approximate surface area is 177 Å². The van der Waals surface area contributed by atoms with Crippen LogP contribution in [0.5, 0.6) is 5.75 Å². The van der Waals surface area contributed by atoms with E-state index in [-0.39, 0.29) is 24.8 Å². The Morgan fingerprint density at radius 1 is 1.14 bits per heavy atom. The molecule has 0 radical (unpaired) electrons. The average Bonchev–Trinajstić information content (AvgIpc) is 3.33. The smallest absolute Gasteiger partial charge is 0.257 e. The fourth-order valence-corrected chi connectivity index (χ4v) is 3.77. The molecule has 0 amide bonds. The number of hydrogen-bond acceptors (Lipinski definition) is 3. The zero-order valence-electron chi connectivity index (χ0n) is 16.8. The topological polar surface area (TPSA) is 53.5 Å². The van der Waals surface area contributed by atoms with Crippen LogP contribution in [-0.4, -0.2) is 17.6 Å². The molecule has 152 valence electrons. The molecule has 0 unspecified atom stereocenters. The maximum Gasteiger partial charge on any atom is 0.257 e. The third-order valence-electron chi connectivity index (χ3n) is 5.28. The van der Waals surface area contributed by atoms with Gasteiger partial charge in [-0.05, 0) is 54.8 Å². The van der Waals surface area contributed by atoms with Crippen molar-refractivity contribution >= 4 is 24.0 Å². The van der Waals surface area contributed by atoms with Gasteiger partial charge in [-0.2, -0.15) is 0 Å². The molecule has 29 heavy (non-hydrogen) atoms. The largest absolute Gasteiger partial charge is 0.859 e. The molecule has 6 heteroatoms. The number of fused-ring (bicyclic) bond motifs is 1. The van der Waals surface area contributed by atoms with E-state index in [1.165, 1.54) is 11.4 Å². The molecule has 2 heterocycles. The maximum absolute atomic E-state index is 12.6. The molecular weight excluding hydrogens is 386 g/mol. The van der Waals surface area contributed by atoms with Gasteiger partial charge in [-0.3, -0.25) is 4.99 Å². The molecule has 1 aromatic heterocycles. The minimum absolute atomic E-state index is 0. The van der Waals surface area contributed by atoms with Gasteiger partial charge in [0.2, 0.25) is 0 Å². The Morgan fingerprint density at radius 3 is 2.52 bits per heavy atom. The fourth-order valence-electron chi connectivity index (χ4n) is 3.77. The number of halogens is 1. The van der Waals surface area contributed by atoms with Gasteiger partial charge in [0.25, 0.3) is 5.82 Å². The van der Waals surface area contributed by atoms with Crippen LogP contribution in [0.3, 0.4) is 0 Å². The van der Waals surface area contributed by atoms with Crippen molar-refractivity contribution < 1.29 is 14.4 Å². The highest BCUT2D eigenvalue weighted by Gasteiger charge is 2.28. The van der Waals surface area contributed by atoms with Crippen molar-refractivity contribution in [2.24, 2.45) is 4.99 Å². The lowest BCUT2D eigenvalue weighted by Gasteiger charge is -2.09. The number of nitrogens with zero attached hydrogens (tertiary/aromatic N) is 3. The lowest BCUT2D eigenvalue weighted by Crippen LogP contribution is -2.43. The minimum atomic E-state index is -0.129. The van der Waals surface area contributed by atoms with Gasteiger partial charge in [0.05, 0.1) is 25.8 Å². The predicted molar refractivity (Wildman–Crippen MR) is 115 cm³/mol. The van der Waals surface area contributed by atoms with Crippen LogP contribution in [-0.2, 0) is 25.9 Å². The number of benzene rings is 2. The van der Waals surface area contributed by atoms with E-state index in [1.807, 2.05) is 36.4 Å². The van der Waals surface area contributed by atoms with Gasteiger partial charge in [-0.25, -0.2) is 9.13 Å². The van der Waals surface area contributed by atoms with Crippen LogP contribution < -0.4 is 14.4 Å². The Kier molecular flexibility index (Phi) is 6.60. The Balaban J connectivity index is 0.00000240. The van der Waals surface area contributed by atoms with Gasteiger partial charge in [-0.15, -0.1) is 12.4 Å². The third kappa shape index (κ3) is 4.46. The van der Waals surface area contributed by atoms with E-state index in [9.17, 15) is 5.11 Å². The van der Waals surface area contributed by atoms with Gasteiger partial charge in [0.15, 0.2) is 5.69 Å². The first kappa shape index (κ1) is 20.9. The fraction of sp³-hybridized carbons (Fsp3) is 0.304. The summed E-state index contributed by atoms with van der Waals surface area (Å²) in [4.78, 5) is 4.27. The SMILES string of the molecule is CCc1ccc(N=C([O-])C[n+]2cc(-c3ccc(OC)cc3)n3c2CCC3)cc1.Cl. The van der Waals surface area contributed by atoms with Crippen LogP contribution in [0, 0.1) is 0 Å². The second-order valence-corrected chi connectivity index (χ2v) is 7.07. The molecule has 1 aliphatic rings. The lowest BCUT2D eigenvalue weighted by atomic mass is 10.1. The van der Waals surface area contributed by atoms with Crippen LogP contribution in [0.15, 0.2) is 59.7 Å². The molecule has 0 atom stereocenters. The van der Waals surface area contributed by atoms with Crippen LogP contribution in [0.25, 0.3) is 11.3 Å². The number of hydrogen-bond donors (Lipinski definition) is 0. The zero-order chi connectivity index (χ0) is 19.5. The minimum Gasteiger partial charge on any atom is -0.859 e. The van der Waals surface area contributed by atoms with Gasteiger partial charge < -0.3 is 9.84 Å². The van der Waals surface area contributed by atoms with Crippen molar-refractivity contribution in [2.75, 3.05) is 7.11 Å². The second-order valence-electron chi connectivity index (χ2n) is 7.07. The first-order chi connectivity index (χ1) is 13.7. The summed E-state index contributed by atoms with van der Waals surface area (Å²) in [5, 5.41) is 12.6. The van der Waals surface area contributed by atoms with Crippen molar-refractivity contribution in [3.8, 4) is 17.0 Å². The molecule has 0 fully saturated rings. The number of rotatable bonds is 6. The Hall–Kier alpha value is -2.79. The van der Waals surface area contributed by atoms with E-state index in [1.54, 1.807) is 7.11 Å². The number of aliphatic imine (C=N–C) groups is 1. The molecule has 0 aliphatic carbocycles. The van der Waals surface area contributed by atoms with E-state index in [0.717, 1.165) is 42.8 Å².